The first-order valence-electron chi connectivity index (χ1n) is 11.4. The van der Waals surface area contributed by atoms with Gasteiger partial charge in [-0.3, -0.25) is 4.79 Å². The number of rotatable bonds is 13. The van der Waals surface area contributed by atoms with E-state index in [0.29, 0.717) is 40.4 Å². The van der Waals surface area contributed by atoms with E-state index in [-0.39, 0.29) is 22.2 Å². The van der Waals surface area contributed by atoms with Gasteiger partial charge in [-0.15, -0.1) is 11.8 Å². The molecule has 0 heterocycles. The number of hydrogen-bond donors (Lipinski definition) is 2. The van der Waals surface area contributed by atoms with E-state index in [1.54, 1.807) is 54.2 Å². The Balaban J connectivity index is 1.59. The molecule has 0 saturated carbocycles. The molecule has 0 saturated heterocycles. The molecule has 3 aromatic carbocycles. The molecule has 6 nitrogen and oxygen atoms in total. The van der Waals surface area contributed by atoms with Gasteiger partial charge in [0, 0.05) is 29.0 Å². The van der Waals surface area contributed by atoms with Gasteiger partial charge in [0.15, 0.2) is 0 Å². The summed E-state index contributed by atoms with van der Waals surface area (Å²) in [5.41, 5.74) is 1.39. The van der Waals surface area contributed by atoms with Gasteiger partial charge in [-0.05, 0) is 67.3 Å². The third-order valence-corrected chi connectivity index (χ3v) is 9.51. The summed E-state index contributed by atoms with van der Waals surface area (Å²) in [5, 5.41) is 6.86. The largest absolute Gasteiger partial charge is 0.494 e. The Morgan fingerprint density at radius 3 is 2.43 bits per heavy atom. The Kier molecular flexibility index (Phi) is 11.3. The highest BCUT2D eigenvalue weighted by molar-refractivity contribution is 7.98. The van der Waals surface area contributed by atoms with E-state index in [4.69, 9.17) is 27.9 Å². The summed E-state index contributed by atoms with van der Waals surface area (Å²) >= 11 is 15.2. The highest BCUT2D eigenvalue weighted by atomic mass is 35.5. The molecule has 0 spiro atoms. The van der Waals surface area contributed by atoms with Crippen molar-refractivity contribution in [1.82, 2.24) is 5.32 Å². The summed E-state index contributed by atoms with van der Waals surface area (Å²) in [5.74, 6) is 1.66. The van der Waals surface area contributed by atoms with Crippen LogP contribution in [0.5, 0.6) is 5.75 Å². The third kappa shape index (κ3) is 8.48. The maximum atomic E-state index is 13.4. The van der Waals surface area contributed by atoms with Crippen molar-refractivity contribution in [3.63, 3.8) is 0 Å². The number of anilines is 1. The molecule has 198 valence electrons. The quantitative estimate of drug-likeness (QED) is 0.174. The zero-order chi connectivity index (χ0) is 26.8. The van der Waals surface area contributed by atoms with Crippen molar-refractivity contribution >= 4 is 68.2 Å². The van der Waals surface area contributed by atoms with Crippen molar-refractivity contribution in [2.24, 2.45) is 0 Å². The molecule has 0 fully saturated rings. The Bertz CT molecular complexity index is 1320. The van der Waals surface area contributed by atoms with Crippen LogP contribution >= 0.6 is 46.7 Å². The lowest BCUT2D eigenvalue weighted by Gasteiger charge is -2.15. The molecule has 0 radical (unpaired) electrons. The monoisotopic (exact) mass is 598 g/mol. The van der Waals surface area contributed by atoms with Gasteiger partial charge in [0.05, 0.1) is 38.7 Å². The number of ether oxygens (including phenoxy) is 1. The van der Waals surface area contributed by atoms with Crippen molar-refractivity contribution in [3.8, 4) is 5.75 Å². The van der Waals surface area contributed by atoms with Gasteiger partial charge in [0.2, 0.25) is 15.7 Å². The second kappa shape index (κ2) is 14.2. The van der Waals surface area contributed by atoms with E-state index >= 15 is 0 Å². The van der Waals surface area contributed by atoms with Crippen molar-refractivity contribution in [2.45, 2.75) is 27.4 Å². The molecular formula is C26H28Cl2N2O4S3. The average molecular weight is 600 g/mol. The van der Waals surface area contributed by atoms with Gasteiger partial charge in [-0.1, -0.05) is 29.3 Å². The molecule has 0 aromatic heterocycles. The minimum absolute atomic E-state index is 0.0559. The van der Waals surface area contributed by atoms with Crippen molar-refractivity contribution < 1.29 is 17.9 Å². The predicted molar refractivity (Wildman–Crippen MR) is 155 cm³/mol. The van der Waals surface area contributed by atoms with Gasteiger partial charge in [0.1, 0.15) is 5.75 Å². The molecule has 0 aliphatic rings. The molecule has 1 amide bonds. The van der Waals surface area contributed by atoms with E-state index in [9.17, 15) is 13.2 Å². The van der Waals surface area contributed by atoms with E-state index in [1.165, 1.54) is 17.8 Å². The summed E-state index contributed by atoms with van der Waals surface area (Å²) in [6.07, 6.45) is 1.93. The lowest BCUT2D eigenvalue weighted by Crippen LogP contribution is -2.31. The molecule has 0 aliphatic carbocycles. The first-order valence-corrected chi connectivity index (χ1v) is 16.0. The zero-order valence-electron chi connectivity index (χ0n) is 20.4. The summed E-state index contributed by atoms with van der Waals surface area (Å²) in [7, 11) is -3.84. The van der Waals surface area contributed by atoms with Crippen LogP contribution in [0.3, 0.4) is 0 Å². The first kappa shape index (κ1) is 29.5. The Morgan fingerprint density at radius 2 is 1.76 bits per heavy atom. The summed E-state index contributed by atoms with van der Waals surface area (Å²) in [6.45, 7) is 2.64. The Morgan fingerprint density at radius 1 is 1.00 bits per heavy atom. The fourth-order valence-corrected chi connectivity index (χ4v) is 6.31. The third-order valence-electron chi connectivity index (χ3n) is 5.18. The molecule has 0 unspecified atom stereocenters. The van der Waals surface area contributed by atoms with Crippen LogP contribution in [-0.4, -0.2) is 46.0 Å². The SMILES string of the molecule is CCOc1ccc(NCC(=O)NCCSCc2ccc(Cl)c(Cl)c2)c(S(=O)(=O)c2ccc(SC)cc2)c1. The number of halogens is 2. The normalized spacial score (nSPS) is 11.2. The molecule has 3 aromatic rings. The van der Waals surface area contributed by atoms with Gasteiger partial charge < -0.3 is 15.4 Å². The lowest BCUT2D eigenvalue weighted by molar-refractivity contribution is -0.119. The van der Waals surface area contributed by atoms with Gasteiger partial charge >= 0.3 is 0 Å². The number of carbonyl (C=O) groups excluding carboxylic acids is 1. The van der Waals surface area contributed by atoms with E-state index in [1.807, 2.05) is 25.3 Å². The van der Waals surface area contributed by atoms with Crippen molar-refractivity contribution in [2.75, 3.05) is 37.0 Å². The van der Waals surface area contributed by atoms with Crippen LogP contribution in [0.15, 0.2) is 75.4 Å². The van der Waals surface area contributed by atoms with Crippen LogP contribution in [-0.2, 0) is 20.4 Å². The number of amides is 1. The summed E-state index contributed by atoms with van der Waals surface area (Å²) < 4.78 is 32.4. The number of hydrogen-bond acceptors (Lipinski definition) is 7. The zero-order valence-corrected chi connectivity index (χ0v) is 24.4. The molecule has 11 heteroatoms. The average Bonchev–Trinajstić information content (AvgIpc) is 2.89. The maximum absolute atomic E-state index is 13.4. The van der Waals surface area contributed by atoms with Crippen LogP contribution in [0.2, 0.25) is 10.0 Å². The highest BCUT2D eigenvalue weighted by Crippen LogP contribution is 2.32. The van der Waals surface area contributed by atoms with Crippen LogP contribution < -0.4 is 15.4 Å². The minimum Gasteiger partial charge on any atom is -0.494 e. The number of carbonyl (C=O) groups is 1. The molecule has 0 bridgehead atoms. The van der Waals surface area contributed by atoms with Crippen molar-refractivity contribution in [1.29, 1.82) is 0 Å². The summed E-state index contributed by atoms with van der Waals surface area (Å²) in [4.78, 5) is 13.6. The number of thioether (sulfide) groups is 2. The molecule has 3 rings (SSSR count). The van der Waals surface area contributed by atoms with E-state index in [0.717, 1.165) is 16.2 Å². The molecule has 2 N–H and O–H groups in total. The van der Waals surface area contributed by atoms with Gasteiger partial charge in [-0.2, -0.15) is 11.8 Å². The van der Waals surface area contributed by atoms with E-state index in [2.05, 4.69) is 10.6 Å². The molecule has 37 heavy (non-hydrogen) atoms. The number of nitrogens with one attached hydrogen (secondary N) is 2. The summed E-state index contributed by atoms with van der Waals surface area (Å²) in [6, 6.07) is 17.0. The Labute approximate surface area is 236 Å². The van der Waals surface area contributed by atoms with E-state index < -0.39 is 9.84 Å². The maximum Gasteiger partial charge on any atom is 0.239 e. The Hall–Kier alpha value is -2.04. The van der Waals surface area contributed by atoms with Crippen LogP contribution in [0.1, 0.15) is 12.5 Å². The second-order valence-electron chi connectivity index (χ2n) is 7.77. The molecular weight excluding hydrogens is 571 g/mol. The highest BCUT2D eigenvalue weighted by Gasteiger charge is 2.23. The standard InChI is InChI=1S/C26H28Cl2N2O4S3/c1-3-34-19-5-11-24(25(15-19)37(32,33)21-8-6-20(35-2)7-9-21)30-16-26(31)29-12-13-36-17-18-4-10-22(27)23(28)14-18/h4-11,14-15,30H,3,12-13,16-17H2,1-2H3,(H,29,31). The van der Waals surface area contributed by atoms with Crippen LogP contribution in [0.4, 0.5) is 5.69 Å². The van der Waals surface area contributed by atoms with Gasteiger partial charge in [0.25, 0.3) is 0 Å². The molecule has 0 aliphatic heterocycles. The predicted octanol–water partition coefficient (Wildman–Crippen LogP) is 6.41. The smallest absolute Gasteiger partial charge is 0.239 e. The lowest BCUT2D eigenvalue weighted by atomic mass is 10.2. The first-order chi connectivity index (χ1) is 17.7. The molecule has 0 atom stereocenters. The number of sulfone groups is 1. The van der Waals surface area contributed by atoms with Crippen LogP contribution in [0, 0.1) is 0 Å². The van der Waals surface area contributed by atoms with Crippen molar-refractivity contribution in [3.05, 3.63) is 76.3 Å². The van der Waals surface area contributed by atoms with Gasteiger partial charge in [-0.25, -0.2) is 8.42 Å². The second-order valence-corrected chi connectivity index (χ2v) is 12.5. The number of benzene rings is 3. The van der Waals surface area contributed by atoms with Crippen LogP contribution in [0.25, 0.3) is 0 Å². The fraction of sp³-hybridized carbons (Fsp3) is 0.269. The fourth-order valence-electron chi connectivity index (χ4n) is 3.33. The minimum atomic E-state index is -3.84. The topological polar surface area (TPSA) is 84.5 Å².